The Labute approximate surface area is 160 Å². The second-order valence-corrected chi connectivity index (χ2v) is 8.06. The lowest BCUT2D eigenvalue weighted by Crippen LogP contribution is -2.50. The zero-order chi connectivity index (χ0) is 18.4. The number of amides is 1. The first-order valence-corrected chi connectivity index (χ1v) is 9.59. The predicted octanol–water partition coefficient (Wildman–Crippen LogP) is 3.96. The molecule has 0 aromatic rings. The van der Waals surface area contributed by atoms with Crippen LogP contribution in [0.4, 0.5) is 0 Å². The molecule has 0 spiro atoms. The Morgan fingerprint density at radius 1 is 1.12 bits per heavy atom. The first-order chi connectivity index (χ1) is 11.4. The molecule has 0 saturated carbocycles. The molecule has 0 aliphatic carbocycles. The van der Waals surface area contributed by atoms with Crippen molar-refractivity contribution < 1.29 is 19.4 Å². The molecule has 1 amide bonds. The van der Waals surface area contributed by atoms with Crippen molar-refractivity contribution in [1.82, 2.24) is 5.32 Å². The molecule has 0 rings (SSSR count). The lowest BCUT2D eigenvalue weighted by Gasteiger charge is -2.27. The molecule has 0 heterocycles. The number of unbranched alkanes of at least 4 members (excludes halogenated alkanes) is 6. The summed E-state index contributed by atoms with van der Waals surface area (Å²) in [6.45, 7) is 1.96. The van der Waals surface area contributed by atoms with Crippen molar-refractivity contribution in [2.45, 2.75) is 74.2 Å². The summed E-state index contributed by atoms with van der Waals surface area (Å²) in [7, 11) is 1.51. The number of rotatable bonds is 14. The number of aliphatic hydroxyl groups excluding tert-OH is 1. The van der Waals surface area contributed by atoms with E-state index < -0.39 is 21.8 Å². The van der Waals surface area contributed by atoms with E-state index in [0.29, 0.717) is 6.42 Å². The van der Waals surface area contributed by atoms with Crippen LogP contribution in [0.2, 0.25) is 0 Å². The van der Waals surface area contributed by atoms with Gasteiger partial charge in [-0.1, -0.05) is 86.7 Å². The van der Waals surface area contributed by atoms with Gasteiger partial charge in [0.15, 0.2) is 0 Å². The average molecular weight is 407 g/mol. The number of hydrogen-bond acceptors (Lipinski definition) is 4. The number of aliphatic hydroxyl groups is 1. The Balaban J connectivity index is 4.36. The number of halogens is 3. The number of nitrogens with one attached hydrogen (secondary N) is 1. The van der Waals surface area contributed by atoms with Crippen molar-refractivity contribution in [1.29, 1.82) is 0 Å². The minimum atomic E-state index is -2.07. The van der Waals surface area contributed by atoms with Gasteiger partial charge in [0, 0.05) is 7.11 Å². The monoisotopic (exact) mass is 405 g/mol. The molecule has 0 unspecified atom stereocenters. The molecule has 24 heavy (non-hydrogen) atoms. The van der Waals surface area contributed by atoms with E-state index >= 15 is 0 Å². The van der Waals surface area contributed by atoms with Crippen LogP contribution in [0.1, 0.15) is 58.3 Å². The van der Waals surface area contributed by atoms with E-state index in [1.54, 1.807) is 0 Å². The average Bonchev–Trinajstić information content (AvgIpc) is 2.53. The number of alkyl halides is 3. The fourth-order valence-corrected chi connectivity index (χ4v) is 2.53. The van der Waals surface area contributed by atoms with Crippen LogP contribution < -0.4 is 5.32 Å². The first-order valence-electron chi connectivity index (χ1n) is 8.45. The topological polar surface area (TPSA) is 67.8 Å². The predicted molar refractivity (Wildman–Crippen MR) is 98.7 cm³/mol. The van der Waals surface area contributed by atoms with E-state index in [0.717, 1.165) is 12.8 Å². The van der Waals surface area contributed by atoms with E-state index in [4.69, 9.17) is 44.3 Å². The molecule has 2 N–H and O–H groups in total. The van der Waals surface area contributed by atoms with Crippen LogP contribution in [0, 0.1) is 0 Å². The van der Waals surface area contributed by atoms with Crippen LogP contribution in [0.3, 0.4) is 0 Å². The number of hydrogen-bond donors (Lipinski definition) is 2. The number of carbonyl (C=O) groups excluding carboxylic acids is 1. The Morgan fingerprint density at radius 2 is 1.71 bits per heavy atom. The molecule has 2 atom stereocenters. The van der Waals surface area contributed by atoms with Crippen LogP contribution >= 0.6 is 34.8 Å². The highest BCUT2D eigenvalue weighted by molar-refractivity contribution is 6.76. The fourth-order valence-electron chi connectivity index (χ4n) is 2.37. The number of carbonyl (C=O) groups is 1. The summed E-state index contributed by atoms with van der Waals surface area (Å²) < 4.78 is 8.42. The summed E-state index contributed by atoms with van der Waals surface area (Å²) in [6.07, 6.45) is 8.45. The highest BCUT2D eigenvalue weighted by Crippen LogP contribution is 2.26. The maximum Gasteiger partial charge on any atom is 0.272 e. The van der Waals surface area contributed by atoms with E-state index in [2.05, 4.69) is 12.2 Å². The van der Waals surface area contributed by atoms with Gasteiger partial charge in [-0.25, -0.2) is 0 Å². The van der Waals surface area contributed by atoms with Gasteiger partial charge in [-0.2, -0.15) is 0 Å². The normalized spacial score (nSPS) is 14.4. The first kappa shape index (κ1) is 24.2. The SMILES string of the molecule is CCCCCCCCC[C@@H](OCOC)[C@H](CO)NC(=O)C(Cl)(Cl)Cl. The van der Waals surface area contributed by atoms with Gasteiger partial charge in [0.2, 0.25) is 0 Å². The third-order valence-electron chi connectivity index (χ3n) is 3.71. The molecule has 8 heteroatoms. The number of methoxy groups -OCH3 is 1. The third kappa shape index (κ3) is 11.7. The van der Waals surface area contributed by atoms with Crippen molar-refractivity contribution in [3.63, 3.8) is 0 Å². The van der Waals surface area contributed by atoms with Crippen molar-refractivity contribution in [2.75, 3.05) is 20.5 Å². The molecule has 0 aliphatic heterocycles. The second kappa shape index (κ2) is 14.4. The molecule has 0 radical (unpaired) electrons. The third-order valence-corrected chi connectivity index (χ3v) is 4.23. The van der Waals surface area contributed by atoms with E-state index in [1.807, 2.05) is 0 Å². The zero-order valence-corrected chi connectivity index (χ0v) is 16.8. The van der Waals surface area contributed by atoms with Gasteiger partial charge in [-0.15, -0.1) is 0 Å². The molecule has 144 valence electrons. The molecular weight excluding hydrogens is 377 g/mol. The Morgan fingerprint density at radius 3 is 2.21 bits per heavy atom. The minimum absolute atomic E-state index is 0.0707. The van der Waals surface area contributed by atoms with Gasteiger partial charge >= 0.3 is 0 Å². The summed E-state index contributed by atoms with van der Waals surface area (Å²) in [5.41, 5.74) is 0. The van der Waals surface area contributed by atoms with Crippen LogP contribution in [-0.2, 0) is 14.3 Å². The van der Waals surface area contributed by atoms with Crippen LogP contribution in [0.5, 0.6) is 0 Å². The Kier molecular flexibility index (Phi) is 14.5. The quantitative estimate of drug-likeness (QED) is 0.260. The summed E-state index contributed by atoms with van der Waals surface area (Å²) in [5, 5.41) is 12.1. The Hall–Kier alpha value is 0.220. The molecule has 0 aliphatic rings. The standard InChI is InChI=1S/C16H30Cl3NO4/c1-3-4-5-6-7-8-9-10-14(24-12-23-2)13(11-21)20-15(22)16(17,18)19/h13-14,21H,3-12H2,1-2H3,(H,20,22)/t13-,14+/m0/s1. The van der Waals surface area contributed by atoms with Gasteiger partial charge in [0.1, 0.15) is 6.79 Å². The molecule has 0 bridgehead atoms. The molecule has 0 saturated heterocycles. The molecule has 0 fully saturated rings. The zero-order valence-electron chi connectivity index (χ0n) is 14.5. The van der Waals surface area contributed by atoms with Crippen LogP contribution in [0.15, 0.2) is 0 Å². The molecular formula is C16H30Cl3NO4. The summed E-state index contributed by atoms with van der Waals surface area (Å²) >= 11 is 16.7. The maximum atomic E-state index is 11.8. The lowest BCUT2D eigenvalue weighted by molar-refractivity contribution is -0.126. The van der Waals surface area contributed by atoms with Crippen molar-refractivity contribution in [3.8, 4) is 0 Å². The fraction of sp³-hybridized carbons (Fsp3) is 0.938. The minimum Gasteiger partial charge on any atom is -0.394 e. The smallest absolute Gasteiger partial charge is 0.272 e. The van der Waals surface area contributed by atoms with Gasteiger partial charge in [-0.3, -0.25) is 4.79 Å². The maximum absolute atomic E-state index is 11.8. The van der Waals surface area contributed by atoms with Gasteiger partial charge < -0.3 is 19.9 Å². The summed E-state index contributed by atoms with van der Waals surface area (Å²) in [6, 6.07) is -0.650. The van der Waals surface area contributed by atoms with Crippen molar-refractivity contribution in [3.05, 3.63) is 0 Å². The summed E-state index contributed by atoms with van der Waals surface area (Å²) in [5.74, 6) is -0.780. The van der Waals surface area contributed by atoms with Crippen LogP contribution in [0.25, 0.3) is 0 Å². The lowest BCUT2D eigenvalue weighted by atomic mass is 10.0. The molecule has 0 aromatic heterocycles. The van der Waals surface area contributed by atoms with Crippen molar-refractivity contribution >= 4 is 40.7 Å². The van der Waals surface area contributed by atoms with E-state index in [9.17, 15) is 9.90 Å². The molecule has 5 nitrogen and oxygen atoms in total. The summed E-state index contributed by atoms with van der Waals surface area (Å²) in [4.78, 5) is 11.8. The highest BCUT2D eigenvalue weighted by Gasteiger charge is 2.34. The van der Waals surface area contributed by atoms with Crippen LogP contribution in [-0.4, -0.2) is 47.5 Å². The van der Waals surface area contributed by atoms with Crippen molar-refractivity contribution in [2.24, 2.45) is 0 Å². The number of ether oxygens (including phenoxy) is 2. The van der Waals surface area contributed by atoms with Gasteiger partial charge in [0.05, 0.1) is 18.8 Å². The molecule has 0 aromatic carbocycles. The second-order valence-electron chi connectivity index (χ2n) is 5.78. The Bertz CT molecular complexity index is 327. The van der Waals surface area contributed by atoms with Gasteiger partial charge in [-0.05, 0) is 6.42 Å². The largest absolute Gasteiger partial charge is 0.394 e. The van der Waals surface area contributed by atoms with Gasteiger partial charge in [0.25, 0.3) is 9.70 Å². The highest BCUT2D eigenvalue weighted by atomic mass is 35.6. The van der Waals surface area contributed by atoms with E-state index in [-0.39, 0.29) is 13.4 Å². The van der Waals surface area contributed by atoms with E-state index in [1.165, 1.54) is 39.2 Å².